The van der Waals surface area contributed by atoms with Crippen molar-refractivity contribution in [1.29, 1.82) is 0 Å². The molecule has 1 atom stereocenters. The highest BCUT2D eigenvalue weighted by atomic mass is 32.2. The number of nitrogens with zero attached hydrogens (tertiary/aromatic N) is 3. The van der Waals surface area contributed by atoms with Crippen molar-refractivity contribution in [3.8, 4) is 0 Å². The minimum Gasteiger partial charge on any atom is -0.248 e. The van der Waals surface area contributed by atoms with Gasteiger partial charge in [-0.2, -0.15) is 5.10 Å². The van der Waals surface area contributed by atoms with Crippen molar-refractivity contribution in [3.05, 3.63) is 52.4 Å². The molecule has 1 aromatic heterocycles. The molecule has 1 aromatic carbocycles. The molecule has 1 unspecified atom stereocenters. The Balaban J connectivity index is 1.76. The summed E-state index contributed by atoms with van der Waals surface area (Å²) in [5.74, 6) is 1.69. The molecule has 134 valence electrons. The monoisotopic (exact) mass is 360 g/mol. The van der Waals surface area contributed by atoms with Crippen LogP contribution in [0.1, 0.15) is 61.4 Å². The van der Waals surface area contributed by atoms with E-state index in [1.165, 1.54) is 5.41 Å². The van der Waals surface area contributed by atoms with E-state index in [0.717, 1.165) is 36.3 Å². The van der Waals surface area contributed by atoms with E-state index in [2.05, 4.69) is 14.8 Å². The summed E-state index contributed by atoms with van der Waals surface area (Å²) in [5.41, 5.74) is 1.99. The number of aryl methyl sites for hydroxylation is 2. The Morgan fingerprint density at radius 2 is 2.00 bits per heavy atom. The molecule has 0 spiro atoms. The van der Waals surface area contributed by atoms with Gasteiger partial charge in [-0.05, 0) is 31.4 Å². The van der Waals surface area contributed by atoms with Gasteiger partial charge in [-0.3, -0.25) is 0 Å². The number of benzene rings is 1. The van der Waals surface area contributed by atoms with E-state index in [0.29, 0.717) is 5.82 Å². The highest BCUT2D eigenvalue weighted by Gasteiger charge is 2.27. The minimum absolute atomic E-state index is 0.219. The summed E-state index contributed by atoms with van der Waals surface area (Å²) in [7, 11) is -3.55. The molecular weight excluding hydrogens is 336 g/mol. The Kier molecular flexibility index (Phi) is 5.06. The quantitative estimate of drug-likeness (QED) is 0.889. The third kappa shape index (κ3) is 4.35. The van der Waals surface area contributed by atoms with E-state index in [-0.39, 0.29) is 12.0 Å². The van der Waals surface area contributed by atoms with Crippen molar-refractivity contribution in [2.24, 2.45) is 0 Å². The summed E-state index contributed by atoms with van der Waals surface area (Å²) >= 11 is 0. The van der Waals surface area contributed by atoms with Crippen LogP contribution >= 0.6 is 0 Å². The van der Waals surface area contributed by atoms with Gasteiger partial charge in [0, 0.05) is 17.9 Å². The van der Waals surface area contributed by atoms with Gasteiger partial charge in [0.25, 0.3) is 0 Å². The van der Waals surface area contributed by atoms with Gasteiger partial charge < -0.3 is 0 Å². The number of nitrogens with one attached hydrogen (secondary N) is 1. The summed E-state index contributed by atoms with van der Waals surface area (Å²) in [6.45, 7) is 6.85. The van der Waals surface area contributed by atoms with Crippen LogP contribution in [-0.4, -0.2) is 23.2 Å². The Bertz CT molecular complexity index is 867. The van der Waals surface area contributed by atoms with Gasteiger partial charge in [0.15, 0.2) is 5.82 Å². The zero-order valence-corrected chi connectivity index (χ0v) is 15.6. The van der Waals surface area contributed by atoms with Gasteiger partial charge in [-0.15, -0.1) is 0 Å². The molecule has 2 aromatic rings. The Hall–Kier alpha value is -1.99. The molecule has 2 heterocycles. The van der Waals surface area contributed by atoms with E-state index in [4.69, 9.17) is 0 Å². The van der Waals surface area contributed by atoms with Crippen LogP contribution in [0.15, 0.2) is 29.7 Å². The lowest BCUT2D eigenvalue weighted by molar-refractivity contribution is 0.400. The normalized spacial score (nSPS) is 18.0. The number of hydrogen-bond donors (Lipinski definition) is 1. The molecule has 0 saturated heterocycles. The fourth-order valence-electron chi connectivity index (χ4n) is 2.81. The second-order valence-electron chi connectivity index (χ2n) is 6.78. The summed E-state index contributed by atoms with van der Waals surface area (Å²) < 4.78 is 29.4. The van der Waals surface area contributed by atoms with E-state index < -0.39 is 10.0 Å². The summed E-state index contributed by atoms with van der Waals surface area (Å²) in [6.07, 6.45) is 3.21. The molecule has 1 aliphatic heterocycles. The van der Waals surface area contributed by atoms with Crippen molar-refractivity contribution >= 4 is 16.1 Å². The van der Waals surface area contributed by atoms with E-state index in [1.54, 1.807) is 6.08 Å². The van der Waals surface area contributed by atoms with Crippen LogP contribution in [0.4, 0.5) is 0 Å². The molecule has 0 amide bonds. The minimum atomic E-state index is -3.55. The highest BCUT2D eigenvalue weighted by molar-refractivity contribution is 7.92. The van der Waals surface area contributed by atoms with Gasteiger partial charge in [-0.25, -0.2) is 22.8 Å². The lowest BCUT2D eigenvalue weighted by Crippen LogP contribution is -2.32. The van der Waals surface area contributed by atoms with E-state index in [9.17, 15) is 8.42 Å². The molecule has 0 aliphatic carbocycles. The molecule has 1 aliphatic rings. The zero-order chi connectivity index (χ0) is 18.0. The number of aromatic nitrogens is 3. The first-order valence-electron chi connectivity index (χ1n) is 8.56. The number of fused-ring (bicyclic) bond motifs is 1. The van der Waals surface area contributed by atoms with Gasteiger partial charge in [0.2, 0.25) is 10.0 Å². The van der Waals surface area contributed by atoms with Crippen LogP contribution in [0.3, 0.4) is 0 Å². The van der Waals surface area contributed by atoms with E-state index >= 15 is 0 Å². The lowest BCUT2D eigenvalue weighted by atomic mass is 10.1. The van der Waals surface area contributed by atoms with Crippen LogP contribution in [0.2, 0.25) is 0 Å². The Morgan fingerprint density at radius 1 is 1.28 bits per heavy atom. The number of hydrogen-bond acceptors (Lipinski definition) is 4. The fraction of sp³-hybridized carbons (Fsp3) is 0.444. The third-order valence-electron chi connectivity index (χ3n) is 4.23. The predicted octanol–water partition coefficient (Wildman–Crippen LogP) is 3.14. The molecule has 0 saturated carbocycles. The van der Waals surface area contributed by atoms with Gasteiger partial charge in [-0.1, -0.05) is 43.7 Å². The Morgan fingerprint density at radius 3 is 2.68 bits per heavy atom. The molecule has 7 heteroatoms. The summed E-state index contributed by atoms with van der Waals surface area (Å²) in [6, 6.07) is 7.37. The first-order chi connectivity index (χ1) is 11.8. The highest BCUT2D eigenvalue weighted by Crippen LogP contribution is 2.25. The van der Waals surface area contributed by atoms with Crippen LogP contribution in [0.5, 0.6) is 0 Å². The van der Waals surface area contributed by atoms with Crippen LogP contribution in [0, 0.1) is 6.92 Å². The molecular formula is C18H24N4O2S. The average molecular weight is 360 g/mol. The van der Waals surface area contributed by atoms with Gasteiger partial charge in [0.1, 0.15) is 5.82 Å². The van der Waals surface area contributed by atoms with Crippen LogP contribution in [0.25, 0.3) is 6.08 Å². The van der Waals surface area contributed by atoms with Crippen molar-refractivity contribution in [2.45, 2.75) is 52.1 Å². The predicted molar refractivity (Wildman–Crippen MR) is 98.4 cm³/mol. The molecule has 0 bridgehead atoms. The molecule has 6 nitrogen and oxygen atoms in total. The maximum absolute atomic E-state index is 12.4. The summed E-state index contributed by atoms with van der Waals surface area (Å²) in [5, 5.41) is 5.70. The molecule has 3 rings (SSSR count). The van der Waals surface area contributed by atoms with Crippen molar-refractivity contribution in [1.82, 2.24) is 19.5 Å². The van der Waals surface area contributed by atoms with Gasteiger partial charge in [0.05, 0.1) is 6.04 Å². The SMILES string of the molecule is Cc1ccc(/C=C/S(=O)(=O)NC2CCCn3nc(C(C)C)nc32)cc1. The van der Waals surface area contributed by atoms with Crippen molar-refractivity contribution in [2.75, 3.05) is 0 Å². The first-order valence-corrected chi connectivity index (χ1v) is 10.1. The first kappa shape index (κ1) is 17.8. The molecule has 25 heavy (non-hydrogen) atoms. The second-order valence-corrected chi connectivity index (χ2v) is 8.38. The average Bonchev–Trinajstić information content (AvgIpc) is 3.00. The maximum Gasteiger partial charge on any atom is 0.234 e. The lowest BCUT2D eigenvalue weighted by Gasteiger charge is -2.22. The fourth-order valence-corrected chi connectivity index (χ4v) is 3.84. The smallest absolute Gasteiger partial charge is 0.234 e. The number of rotatable bonds is 5. The molecule has 1 N–H and O–H groups in total. The second kappa shape index (κ2) is 7.09. The third-order valence-corrected chi connectivity index (χ3v) is 5.34. The maximum atomic E-state index is 12.4. The van der Waals surface area contributed by atoms with Crippen molar-refractivity contribution in [3.63, 3.8) is 0 Å². The zero-order valence-electron chi connectivity index (χ0n) is 14.8. The largest absolute Gasteiger partial charge is 0.248 e. The van der Waals surface area contributed by atoms with Gasteiger partial charge >= 0.3 is 0 Å². The topological polar surface area (TPSA) is 76.9 Å². The van der Waals surface area contributed by atoms with Crippen LogP contribution < -0.4 is 4.72 Å². The standard InChI is InChI=1S/C18H24N4O2S/c1-13(2)17-19-18-16(5-4-11-22(18)20-17)21-25(23,24)12-10-15-8-6-14(3)7-9-15/h6-10,12-13,16,21H,4-5,11H2,1-3H3/b12-10+. The van der Waals surface area contributed by atoms with E-state index in [1.807, 2.05) is 49.7 Å². The van der Waals surface area contributed by atoms with Crippen molar-refractivity contribution < 1.29 is 8.42 Å². The molecule has 0 radical (unpaired) electrons. The number of sulfonamides is 1. The Labute approximate surface area is 149 Å². The molecule has 0 fully saturated rings. The van der Waals surface area contributed by atoms with Crippen LogP contribution in [-0.2, 0) is 16.6 Å². The summed E-state index contributed by atoms with van der Waals surface area (Å²) in [4.78, 5) is 4.54.